The predicted octanol–water partition coefficient (Wildman–Crippen LogP) is 3.78. The molecule has 0 unspecified atom stereocenters. The maximum atomic E-state index is 13.0. The SMILES string of the molecule is CCOC(=O)/C(=C(\F)Cl)c1ccc(Cl)cc1. The van der Waals surface area contributed by atoms with E-state index in [4.69, 9.17) is 27.9 Å². The summed E-state index contributed by atoms with van der Waals surface area (Å²) in [4.78, 5) is 11.4. The maximum Gasteiger partial charge on any atom is 0.342 e. The van der Waals surface area contributed by atoms with Gasteiger partial charge in [-0.15, -0.1) is 0 Å². The Kier molecular flexibility index (Phi) is 4.77. The van der Waals surface area contributed by atoms with Crippen LogP contribution in [0.15, 0.2) is 29.6 Å². The number of esters is 1. The van der Waals surface area contributed by atoms with Gasteiger partial charge in [-0.05, 0) is 24.6 Å². The van der Waals surface area contributed by atoms with Gasteiger partial charge in [-0.3, -0.25) is 0 Å². The molecule has 0 atom stereocenters. The number of rotatable bonds is 3. The summed E-state index contributed by atoms with van der Waals surface area (Å²) in [5, 5.41) is -0.609. The molecule has 86 valence electrons. The predicted molar refractivity (Wildman–Crippen MR) is 62.0 cm³/mol. The molecule has 0 heterocycles. The van der Waals surface area contributed by atoms with E-state index in [1.807, 2.05) is 0 Å². The quantitative estimate of drug-likeness (QED) is 0.612. The fourth-order valence-corrected chi connectivity index (χ4v) is 1.44. The second-order valence-electron chi connectivity index (χ2n) is 2.86. The largest absolute Gasteiger partial charge is 0.462 e. The normalized spacial score (nSPS) is 12.0. The highest BCUT2D eigenvalue weighted by Gasteiger charge is 2.18. The van der Waals surface area contributed by atoms with E-state index in [9.17, 15) is 9.18 Å². The summed E-state index contributed by atoms with van der Waals surface area (Å²) in [7, 11) is 0. The van der Waals surface area contributed by atoms with Crippen LogP contribution in [0.5, 0.6) is 0 Å². The van der Waals surface area contributed by atoms with Crippen LogP contribution in [-0.4, -0.2) is 12.6 Å². The van der Waals surface area contributed by atoms with Crippen LogP contribution < -0.4 is 0 Å². The topological polar surface area (TPSA) is 26.3 Å². The molecule has 1 rings (SSSR count). The van der Waals surface area contributed by atoms with E-state index in [-0.39, 0.29) is 12.2 Å². The minimum atomic E-state index is -1.10. The highest BCUT2D eigenvalue weighted by molar-refractivity contribution is 6.37. The van der Waals surface area contributed by atoms with E-state index in [2.05, 4.69) is 0 Å². The first-order valence-electron chi connectivity index (χ1n) is 4.54. The van der Waals surface area contributed by atoms with E-state index in [1.54, 1.807) is 6.92 Å². The monoisotopic (exact) mass is 262 g/mol. The van der Waals surface area contributed by atoms with Crippen molar-refractivity contribution in [1.82, 2.24) is 0 Å². The zero-order chi connectivity index (χ0) is 12.1. The molecule has 0 saturated carbocycles. The summed E-state index contributed by atoms with van der Waals surface area (Å²) in [6.07, 6.45) is 0. The molecule has 2 nitrogen and oxygen atoms in total. The van der Waals surface area contributed by atoms with Gasteiger partial charge in [-0.2, -0.15) is 4.39 Å². The number of halogens is 3. The molecule has 0 aliphatic heterocycles. The van der Waals surface area contributed by atoms with Gasteiger partial charge in [0.2, 0.25) is 5.29 Å². The van der Waals surface area contributed by atoms with Crippen molar-refractivity contribution in [3.05, 3.63) is 40.1 Å². The van der Waals surface area contributed by atoms with Crippen LogP contribution in [0.2, 0.25) is 5.02 Å². The molecule has 1 aromatic rings. The number of ether oxygens (including phenoxy) is 1. The van der Waals surface area contributed by atoms with Gasteiger partial charge in [0.15, 0.2) is 0 Å². The van der Waals surface area contributed by atoms with Gasteiger partial charge >= 0.3 is 5.97 Å². The summed E-state index contributed by atoms with van der Waals surface area (Å²) in [6, 6.07) is 6.07. The lowest BCUT2D eigenvalue weighted by Gasteiger charge is -2.06. The van der Waals surface area contributed by atoms with Gasteiger partial charge in [0.25, 0.3) is 0 Å². The van der Waals surface area contributed by atoms with E-state index in [0.29, 0.717) is 10.6 Å². The highest BCUT2D eigenvalue weighted by atomic mass is 35.5. The zero-order valence-electron chi connectivity index (χ0n) is 8.47. The van der Waals surface area contributed by atoms with Crippen molar-refractivity contribution in [3.8, 4) is 0 Å². The van der Waals surface area contributed by atoms with Crippen molar-refractivity contribution in [1.29, 1.82) is 0 Å². The summed E-state index contributed by atoms with van der Waals surface area (Å²) < 4.78 is 17.7. The van der Waals surface area contributed by atoms with Crippen LogP contribution in [0.3, 0.4) is 0 Å². The lowest BCUT2D eigenvalue weighted by Crippen LogP contribution is -2.07. The molecule has 0 fully saturated rings. The Labute approximate surface area is 103 Å². The smallest absolute Gasteiger partial charge is 0.342 e. The molecule has 0 N–H and O–H groups in total. The van der Waals surface area contributed by atoms with Crippen molar-refractivity contribution < 1.29 is 13.9 Å². The number of carbonyl (C=O) groups is 1. The first-order chi connectivity index (χ1) is 7.56. The van der Waals surface area contributed by atoms with E-state index >= 15 is 0 Å². The van der Waals surface area contributed by atoms with Crippen LogP contribution in [0.1, 0.15) is 12.5 Å². The Morgan fingerprint density at radius 1 is 1.38 bits per heavy atom. The number of benzene rings is 1. The Balaban J connectivity index is 3.10. The first-order valence-corrected chi connectivity index (χ1v) is 5.30. The van der Waals surface area contributed by atoms with Crippen molar-refractivity contribution in [3.63, 3.8) is 0 Å². The van der Waals surface area contributed by atoms with Crippen LogP contribution in [-0.2, 0) is 9.53 Å². The van der Waals surface area contributed by atoms with Crippen molar-refractivity contribution in [2.45, 2.75) is 6.92 Å². The second-order valence-corrected chi connectivity index (χ2v) is 3.63. The van der Waals surface area contributed by atoms with Crippen LogP contribution in [0, 0.1) is 0 Å². The molecule has 0 amide bonds. The molecule has 0 aliphatic carbocycles. The van der Waals surface area contributed by atoms with Crippen LogP contribution in [0.4, 0.5) is 4.39 Å². The third-order valence-electron chi connectivity index (χ3n) is 1.80. The summed E-state index contributed by atoms with van der Waals surface area (Å²) in [6.45, 7) is 1.78. The average molecular weight is 263 g/mol. The molecular formula is C11H9Cl2FO2. The number of hydrogen-bond donors (Lipinski definition) is 0. The van der Waals surface area contributed by atoms with Gasteiger partial charge < -0.3 is 4.74 Å². The Hall–Kier alpha value is -1.06. The van der Waals surface area contributed by atoms with Gasteiger partial charge in [0.1, 0.15) is 5.57 Å². The standard InChI is InChI=1S/C11H9Cl2FO2/c1-2-16-11(15)9(10(13)14)7-3-5-8(12)6-4-7/h3-6H,2H2,1H3/b10-9-. The fourth-order valence-electron chi connectivity index (χ4n) is 1.12. The molecule has 16 heavy (non-hydrogen) atoms. The van der Waals surface area contributed by atoms with E-state index in [1.165, 1.54) is 24.3 Å². The molecule has 0 bridgehead atoms. The lowest BCUT2D eigenvalue weighted by atomic mass is 10.1. The molecule has 5 heteroatoms. The summed E-state index contributed by atoms with van der Waals surface area (Å²) in [5.41, 5.74) is 0.0375. The van der Waals surface area contributed by atoms with Gasteiger partial charge in [-0.1, -0.05) is 35.3 Å². The van der Waals surface area contributed by atoms with E-state index < -0.39 is 11.3 Å². The minimum absolute atomic E-state index is 0.153. The first kappa shape index (κ1) is 13.0. The van der Waals surface area contributed by atoms with Crippen LogP contribution in [0.25, 0.3) is 5.57 Å². The third-order valence-corrected chi connectivity index (χ3v) is 2.24. The average Bonchev–Trinajstić information content (AvgIpc) is 2.21. The van der Waals surface area contributed by atoms with Crippen LogP contribution >= 0.6 is 23.2 Å². The van der Waals surface area contributed by atoms with Crippen molar-refractivity contribution in [2.75, 3.05) is 6.61 Å². The summed E-state index contributed by atoms with van der Waals surface area (Å²) in [5.74, 6) is -0.794. The molecule has 0 aromatic heterocycles. The van der Waals surface area contributed by atoms with Gasteiger partial charge in [0, 0.05) is 5.02 Å². The Bertz CT molecular complexity index is 408. The molecular weight excluding hydrogens is 254 g/mol. The minimum Gasteiger partial charge on any atom is -0.462 e. The van der Waals surface area contributed by atoms with E-state index in [0.717, 1.165) is 0 Å². The third kappa shape index (κ3) is 3.22. The summed E-state index contributed by atoms with van der Waals surface area (Å²) >= 11 is 10.9. The molecule has 1 aromatic carbocycles. The van der Waals surface area contributed by atoms with Gasteiger partial charge in [0.05, 0.1) is 6.61 Å². The molecule has 0 spiro atoms. The second kappa shape index (κ2) is 5.87. The van der Waals surface area contributed by atoms with Gasteiger partial charge in [-0.25, -0.2) is 4.79 Å². The van der Waals surface area contributed by atoms with Crippen molar-refractivity contribution >= 4 is 34.7 Å². The lowest BCUT2D eigenvalue weighted by molar-refractivity contribution is -0.136. The molecule has 0 saturated heterocycles. The zero-order valence-corrected chi connectivity index (χ0v) is 9.98. The fraction of sp³-hybridized carbons (Fsp3) is 0.182. The highest BCUT2D eigenvalue weighted by Crippen LogP contribution is 2.25. The maximum absolute atomic E-state index is 13.0. The number of carbonyl (C=O) groups excluding carboxylic acids is 1. The molecule has 0 aliphatic rings. The molecule has 0 radical (unpaired) electrons. The number of hydrogen-bond acceptors (Lipinski definition) is 2. The Morgan fingerprint density at radius 2 is 1.94 bits per heavy atom. The Morgan fingerprint density at radius 3 is 2.38 bits per heavy atom. The van der Waals surface area contributed by atoms with Crippen molar-refractivity contribution in [2.24, 2.45) is 0 Å².